The smallest absolute Gasteiger partial charge is 0.223 e. The minimum Gasteiger partial charge on any atom is -0.381 e. The largest absolute Gasteiger partial charge is 0.381 e. The summed E-state index contributed by atoms with van der Waals surface area (Å²) in [5, 5.41) is 17.3. The average Bonchev–Trinajstić information content (AvgIpc) is 3.45. The molecule has 35 heavy (non-hydrogen) atoms. The van der Waals surface area contributed by atoms with E-state index in [1.54, 1.807) is 6.20 Å². The van der Waals surface area contributed by atoms with Crippen molar-refractivity contribution in [1.29, 1.82) is 0 Å². The average molecular weight is 467 g/mol. The van der Waals surface area contributed by atoms with Gasteiger partial charge in [-0.15, -0.1) is 10.2 Å². The number of pyridine rings is 1. The quantitative estimate of drug-likeness (QED) is 0.416. The monoisotopic (exact) mass is 466 g/mol. The summed E-state index contributed by atoms with van der Waals surface area (Å²) in [6, 6.07) is 16.5. The summed E-state index contributed by atoms with van der Waals surface area (Å²) >= 11 is 0. The molecule has 0 unspecified atom stereocenters. The number of hydrogen-bond acceptors (Lipinski definition) is 7. The minimum atomic E-state index is 0.335. The molecule has 9 heteroatoms. The highest BCUT2D eigenvalue weighted by Crippen LogP contribution is 2.33. The van der Waals surface area contributed by atoms with E-state index >= 15 is 0 Å². The summed E-state index contributed by atoms with van der Waals surface area (Å²) in [5.41, 5.74) is 6.49. The fourth-order valence-electron chi connectivity index (χ4n) is 4.51. The maximum atomic E-state index is 5.45. The molecule has 176 valence electrons. The Balaban J connectivity index is 1.36. The SMILES string of the molecule is Cc1c(-c2nnc3cc(-c4ccnc(NC5CCOCC5)n4)ccn23)c(-c2ccccc2)nn1C. The fourth-order valence-corrected chi connectivity index (χ4v) is 4.51. The molecule has 1 aliphatic heterocycles. The lowest BCUT2D eigenvalue weighted by molar-refractivity contribution is 0.0903. The van der Waals surface area contributed by atoms with Gasteiger partial charge in [-0.05, 0) is 38.0 Å². The third kappa shape index (κ3) is 4.04. The van der Waals surface area contributed by atoms with Crippen LogP contribution in [0.15, 0.2) is 60.9 Å². The first-order valence-corrected chi connectivity index (χ1v) is 11.8. The normalized spacial score (nSPS) is 14.5. The van der Waals surface area contributed by atoms with Gasteiger partial charge in [0.25, 0.3) is 0 Å². The van der Waals surface area contributed by atoms with Gasteiger partial charge in [0, 0.05) is 55.5 Å². The van der Waals surface area contributed by atoms with Crippen LogP contribution in [-0.2, 0) is 11.8 Å². The van der Waals surface area contributed by atoms with Gasteiger partial charge in [-0.1, -0.05) is 30.3 Å². The number of hydrogen-bond donors (Lipinski definition) is 1. The van der Waals surface area contributed by atoms with Crippen molar-refractivity contribution in [3.05, 3.63) is 66.6 Å². The van der Waals surface area contributed by atoms with Gasteiger partial charge >= 0.3 is 0 Å². The fraction of sp³-hybridized carbons (Fsp3) is 0.269. The molecular weight excluding hydrogens is 440 g/mol. The van der Waals surface area contributed by atoms with E-state index in [0.717, 1.165) is 71.3 Å². The standard InChI is InChI=1S/C26H26N8O/c1-17-23(24(32-33(17)2)18-6-4-3-5-7-18)25-31-30-22-16-19(9-13-34(22)25)21-8-12-27-26(29-21)28-20-10-14-35-15-11-20/h3-9,12-13,16,20H,10-11,14-15H2,1-2H3,(H,27,28,29). The van der Waals surface area contributed by atoms with Crippen molar-refractivity contribution in [3.63, 3.8) is 0 Å². The van der Waals surface area contributed by atoms with Crippen LogP contribution in [-0.4, -0.2) is 53.6 Å². The molecule has 1 N–H and O–H groups in total. The van der Waals surface area contributed by atoms with Crippen molar-refractivity contribution in [2.45, 2.75) is 25.8 Å². The minimum absolute atomic E-state index is 0.335. The lowest BCUT2D eigenvalue weighted by Gasteiger charge is -2.23. The van der Waals surface area contributed by atoms with Crippen LogP contribution in [0.1, 0.15) is 18.5 Å². The zero-order valence-corrected chi connectivity index (χ0v) is 19.7. The van der Waals surface area contributed by atoms with Gasteiger partial charge in [0.05, 0.1) is 11.3 Å². The summed E-state index contributed by atoms with van der Waals surface area (Å²) in [5.74, 6) is 1.40. The Kier molecular flexibility index (Phi) is 5.46. The first-order valence-electron chi connectivity index (χ1n) is 11.8. The van der Waals surface area contributed by atoms with Crippen LogP contribution in [0, 0.1) is 6.92 Å². The molecule has 1 aromatic carbocycles. The number of nitrogens with zero attached hydrogens (tertiary/aromatic N) is 7. The molecule has 0 bridgehead atoms. The predicted molar refractivity (Wildman–Crippen MR) is 134 cm³/mol. The van der Waals surface area contributed by atoms with E-state index < -0.39 is 0 Å². The molecule has 5 heterocycles. The molecule has 0 amide bonds. The number of aromatic nitrogens is 7. The van der Waals surface area contributed by atoms with Crippen molar-refractivity contribution in [1.82, 2.24) is 34.3 Å². The van der Waals surface area contributed by atoms with Crippen LogP contribution in [0.5, 0.6) is 0 Å². The van der Waals surface area contributed by atoms with E-state index in [-0.39, 0.29) is 0 Å². The number of fused-ring (bicyclic) bond motifs is 1. The van der Waals surface area contributed by atoms with Crippen molar-refractivity contribution >= 4 is 11.6 Å². The van der Waals surface area contributed by atoms with Gasteiger partial charge in [-0.3, -0.25) is 9.08 Å². The van der Waals surface area contributed by atoms with E-state index in [1.165, 1.54) is 0 Å². The summed E-state index contributed by atoms with van der Waals surface area (Å²) < 4.78 is 9.34. The zero-order valence-electron chi connectivity index (χ0n) is 19.7. The summed E-state index contributed by atoms with van der Waals surface area (Å²) in [4.78, 5) is 9.16. The first kappa shape index (κ1) is 21.4. The maximum absolute atomic E-state index is 5.45. The molecule has 4 aromatic heterocycles. The second-order valence-corrected chi connectivity index (χ2v) is 8.76. The Labute approximate surface area is 202 Å². The second-order valence-electron chi connectivity index (χ2n) is 8.76. The van der Waals surface area contributed by atoms with Crippen LogP contribution < -0.4 is 5.32 Å². The Morgan fingerprint density at radius 1 is 1.00 bits per heavy atom. The number of nitrogens with one attached hydrogen (secondary N) is 1. The third-order valence-electron chi connectivity index (χ3n) is 6.52. The molecule has 0 spiro atoms. The molecular formula is C26H26N8O. The maximum Gasteiger partial charge on any atom is 0.223 e. The Morgan fingerprint density at radius 3 is 2.66 bits per heavy atom. The summed E-state index contributed by atoms with van der Waals surface area (Å²) in [6.07, 6.45) is 5.70. The van der Waals surface area contributed by atoms with Crippen LogP contribution in [0.25, 0.3) is 39.5 Å². The third-order valence-corrected chi connectivity index (χ3v) is 6.52. The molecule has 6 rings (SSSR count). The van der Waals surface area contributed by atoms with Crippen molar-refractivity contribution in [2.75, 3.05) is 18.5 Å². The lowest BCUT2D eigenvalue weighted by atomic mass is 10.1. The summed E-state index contributed by atoms with van der Waals surface area (Å²) in [7, 11) is 1.95. The van der Waals surface area contributed by atoms with Gasteiger partial charge < -0.3 is 10.1 Å². The lowest BCUT2D eigenvalue weighted by Crippen LogP contribution is -2.28. The second kappa shape index (κ2) is 8.92. The number of rotatable bonds is 5. The van der Waals surface area contributed by atoms with Gasteiger partial charge in [-0.25, -0.2) is 9.97 Å². The van der Waals surface area contributed by atoms with E-state index in [0.29, 0.717) is 12.0 Å². The molecule has 5 aromatic rings. The zero-order chi connectivity index (χ0) is 23.8. The van der Waals surface area contributed by atoms with E-state index in [9.17, 15) is 0 Å². The molecule has 0 aliphatic carbocycles. The van der Waals surface area contributed by atoms with E-state index in [2.05, 4.69) is 39.6 Å². The number of ether oxygens (including phenoxy) is 1. The van der Waals surface area contributed by atoms with E-state index in [4.69, 9.17) is 14.8 Å². The topological polar surface area (TPSA) is 95.1 Å². The molecule has 0 saturated carbocycles. The molecule has 1 fully saturated rings. The number of aryl methyl sites for hydroxylation is 1. The molecule has 1 aliphatic rings. The molecule has 0 radical (unpaired) electrons. The van der Waals surface area contributed by atoms with E-state index in [1.807, 2.05) is 58.7 Å². The Hall–Kier alpha value is -4.11. The van der Waals surface area contributed by atoms with Crippen molar-refractivity contribution in [2.24, 2.45) is 7.05 Å². The van der Waals surface area contributed by atoms with Gasteiger partial charge in [0.1, 0.15) is 5.69 Å². The Bertz CT molecular complexity index is 1480. The molecule has 0 atom stereocenters. The molecule has 9 nitrogen and oxygen atoms in total. The van der Waals surface area contributed by atoms with Crippen LogP contribution >= 0.6 is 0 Å². The highest BCUT2D eigenvalue weighted by Gasteiger charge is 2.21. The van der Waals surface area contributed by atoms with Gasteiger partial charge in [-0.2, -0.15) is 5.10 Å². The van der Waals surface area contributed by atoms with Crippen LogP contribution in [0.2, 0.25) is 0 Å². The highest BCUT2D eigenvalue weighted by atomic mass is 16.5. The highest BCUT2D eigenvalue weighted by molar-refractivity contribution is 5.80. The van der Waals surface area contributed by atoms with Crippen LogP contribution in [0.3, 0.4) is 0 Å². The van der Waals surface area contributed by atoms with Crippen molar-refractivity contribution in [3.8, 4) is 33.9 Å². The van der Waals surface area contributed by atoms with Crippen LogP contribution in [0.4, 0.5) is 5.95 Å². The molecule has 1 saturated heterocycles. The van der Waals surface area contributed by atoms with Gasteiger partial charge in [0.2, 0.25) is 5.95 Å². The number of anilines is 1. The summed E-state index contributed by atoms with van der Waals surface area (Å²) in [6.45, 7) is 3.59. The van der Waals surface area contributed by atoms with Crippen molar-refractivity contribution < 1.29 is 4.74 Å². The Morgan fingerprint density at radius 2 is 1.83 bits per heavy atom. The predicted octanol–water partition coefficient (Wildman–Crippen LogP) is 4.15. The first-order chi connectivity index (χ1) is 17.2. The van der Waals surface area contributed by atoms with Gasteiger partial charge in [0.15, 0.2) is 11.5 Å². The number of benzene rings is 1.